The van der Waals surface area contributed by atoms with Crippen LogP contribution in [0.15, 0.2) is 68.7 Å². The molecule has 29 heavy (non-hydrogen) atoms. The highest BCUT2D eigenvalue weighted by atomic mass is 16.1. The summed E-state index contributed by atoms with van der Waals surface area (Å²) in [5.41, 5.74) is 6.08. The average Bonchev–Trinajstić information content (AvgIpc) is 3.21. The SMILES string of the molecule is CNCc1ccc(C2CC3=C4C(=CC(=O)CN=C4C2c2ncn[nH]2)N=NC3)cc1. The number of aromatic nitrogens is 3. The molecule has 3 heterocycles. The van der Waals surface area contributed by atoms with E-state index in [1.54, 1.807) is 6.08 Å². The number of nitrogens with zero attached hydrogens (tertiary/aromatic N) is 5. The zero-order valence-corrected chi connectivity index (χ0v) is 16.1. The third-order valence-electron chi connectivity index (χ3n) is 5.69. The summed E-state index contributed by atoms with van der Waals surface area (Å²) in [5, 5.41) is 18.8. The van der Waals surface area contributed by atoms with Crippen LogP contribution in [0.25, 0.3) is 0 Å². The molecule has 0 saturated carbocycles. The van der Waals surface area contributed by atoms with Crippen LogP contribution in [0.1, 0.15) is 35.2 Å². The molecule has 1 aromatic carbocycles. The Morgan fingerprint density at radius 1 is 1.21 bits per heavy atom. The smallest absolute Gasteiger partial charge is 0.179 e. The maximum atomic E-state index is 12.2. The molecular formula is C21H21N7O. The van der Waals surface area contributed by atoms with Crippen LogP contribution in [0, 0.1) is 0 Å². The maximum absolute atomic E-state index is 12.2. The molecule has 3 aliphatic rings. The van der Waals surface area contributed by atoms with E-state index < -0.39 is 0 Å². The number of ketones is 1. The van der Waals surface area contributed by atoms with E-state index in [-0.39, 0.29) is 24.2 Å². The maximum Gasteiger partial charge on any atom is 0.179 e. The number of aromatic amines is 1. The van der Waals surface area contributed by atoms with Gasteiger partial charge < -0.3 is 5.32 Å². The van der Waals surface area contributed by atoms with Crippen molar-refractivity contribution in [1.82, 2.24) is 20.5 Å². The van der Waals surface area contributed by atoms with Crippen molar-refractivity contribution in [2.24, 2.45) is 15.2 Å². The molecule has 1 aromatic heterocycles. The lowest BCUT2D eigenvalue weighted by Crippen LogP contribution is -2.31. The number of benzene rings is 1. The molecule has 2 aromatic rings. The van der Waals surface area contributed by atoms with Crippen LogP contribution in [-0.2, 0) is 11.3 Å². The molecular weight excluding hydrogens is 366 g/mol. The second-order valence-corrected chi connectivity index (χ2v) is 7.51. The zero-order chi connectivity index (χ0) is 19.8. The number of allylic oxidation sites excluding steroid dienone is 1. The third-order valence-corrected chi connectivity index (χ3v) is 5.69. The van der Waals surface area contributed by atoms with Crippen LogP contribution in [0.2, 0.25) is 0 Å². The van der Waals surface area contributed by atoms with E-state index in [2.05, 4.69) is 55.0 Å². The molecule has 8 heteroatoms. The highest BCUT2D eigenvalue weighted by Crippen LogP contribution is 2.47. The lowest BCUT2D eigenvalue weighted by molar-refractivity contribution is -0.113. The predicted molar refractivity (Wildman–Crippen MR) is 108 cm³/mol. The summed E-state index contributed by atoms with van der Waals surface area (Å²) in [6, 6.07) is 8.65. The van der Waals surface area contributed by atoms with Gasteiger partial charge in [-0.1, -0.05) is 24.3 Å². The van der Waals surface area contributed by atoms with Crippen molar-refractivity contribution in [1.29, 1.82) is 0 Å². The number of rotatable bonds is 4. The number of carbonyl (C=O) groups excluding carboxylic acids is 1. The van der Waals surface area contributed by atoms with Crippen molar-refractivity contribution in [3.63, 3.8) is 0 Å². The summed E-state index contributed by atoms with van der Waals surface area (Å²) >= 11 is 0. The molecule has 8 nitrogen and oxygen atoms in total. The van der Waals surface area contributed by atoms with Crippen molar-refractivity contribution in [2.45, 2.75) is 24.8 Å². The Bertz CT molecular complexity index is 1060. The quantitative estimate of drug-likeness (QED) is 0.840. The molecule has 5 rings (SSSR count). The van der Waals surface area contributed by atoms with E-state index in [9.17, 15) is 4.79 Å². The van der Waals surface area contributed by atoms with Crippen molar-refractivity contribution < 1.29 is 4.79 Å². The summed E-state index contributed by atoms with van der Waals surface area (Å²) in [7, 11) is 1.94. The number of aliphatic imine (C=N–C) groups is 1. The number of azo groups is 1. The van der Waals surface area contributed by atoms with Gasteiger partial charge >= 0.3 is 0 Å². The van der Waals surface area contributed by atoms with E-state index in [4.69, 9.17) is 4.99 Å². The number of carbonyl (C=O) groups is 1. The topological polar surface area (TPSA) is 108 Å². The Hall–Kier alpha value is -3.26. The van der Waals surface area contributed by atoms with Crippen molar-refractivity contribution in [2.75, 3.05) is 20.1 Å². The van der Waals surface area contributed by atoms with Crippen molar-refractivity contribution >= 4 is 11.5 Å². The molecule has 0 amide bonds. The zero-order valence-electron chi connectivity index (χ0n) is 16.1. The van der Waals surface area contributed by atoms with Gasteiger partial charge in [-0.05, 0) is 30.2 Å². The van der Waals surface area contributed by atoms with Crippen LogP contribution in [0.3, 0.4) is 0 Å². The summed E-state index contributed by atoms with van der Waals surface area (Å²) in [4.78, 5) is 21.4. The molecule has 2 aliphatic heterocycles. The lowest BCUT2D eigenvalue weighted by Gasteiger charge is -2.35. The van der Waals surface area contributed by atoms with Gasteiger partial charge in [0.25, 0.3) is 0 Å². The summed E-state index contributed by atoms with van der Waals surface area (Å²) in [6.07, 6.45) is 3.90. The minimum absolute atomic E-state index is 0.0566. The van der Waals surface area contributed by atoms with Gasteiger partial charge in [0.1, 0.15) is 18.7 Å². The Morgan fingerprint density at radius 3 is 2.83 bits per heavy atom. The van der Waals surface area contributed by atoms with Gasteiger partial charge in [-0.25, -0.2) is 4.98 Å². The van der Waals surface area contributed by atoms with Gasteiger partial charge in [0.2, 0.25) is 0 Å². The summed E-state index contributed by atoms with van der Waals surface area (Å²) in [6.45, 7) is 1.48. The van der Waals surface area contributed by atoms with Crippen LogP contribution in [-0.4, -0.2) is 46.8 Å². The highest BCUT2D eigenvalue weighted by molar-refractivity contribution is 6.13. The molecule has 0 spiro atoms. The van der Waals surface area contributed by atoms with Gasteiger partial charge in [-0.2, -0.15) is 15.3 Å². The van der Waals surface area contributed by atoms with Gasteiger partial charge in [0, 0.05) is 24.1 Å². The summed E-state index contributed by atoms with van der Waals surface area (Å²) < 4.78 is 0. The summed E-state index contributed by atoms with van der Waals surface area (Å²) in [5.74, 6) is 0.718. The fourth-order valence-electron chi connectivity index (χ4n) is 4.44. The van der Waals surface area contributed by atoms with Crippen LogP contribution in [0.5, 0.6) is 0 Å². The largest absolute Gasteiger partial charge is 0.316 e. The average molecular weight is 387 g/mol. The van der Waals surface area contributed by atoms with E-state index in [0.717, 1.165) is 30.1 Å². The molecule has 146 valence electrons. The Labute approximate surface area is 168 Å². The highest BCUT2D eigenvalue weighted by Gasteiger charge is 2.41. The third kappa shape index (κ3) is 3.15. The van der Waals surface area contributed by atoms with E-state index in [1.165, 1.54) is 23.0 Å². The Kier molecular flexibility index (Phi) is 4.48. The minimum Gasteiger partial charge on any atom is -0.316 e. The van der Waals surface area contributed by atoms with E-state index in [0.29, 0.717) is 12.2 Å². The van der Waals surface area contributed by atoms with Crippen LogP contribution >= 0.6 is 0 Å². The number of nitrogens with one attached hydrogen (secondary N) is 2. The predicted octanol–water partition coefficient (Wildman–Crippen LogP) is 2.47. The fourth-order valence-corrected chi connectivity index (χ4v) is 4.44. The number of hydrogen-bond acceptors (Lipinski definition) is 7. The molecule has 0 bridgehead atoms. The normalized spacial score (nSPS) is 23.4. The first-order valence-corrected chi connectivity index (χ1v) is 9.72. The van der Waals surface area contributed by atoms with Gasteiger partial charge in [0.05, 0.1) is 23.9 Å². The first kappa shape index (κ1) is 17.8. The van der Waals surface area contributed by atoms with Crippen molar-refractivity contribution in [3.8, 4) is 0 Å². The standard InChI is InChI=1S/C21H21N7O/c1-22-8-12-2-4-13(5-3-12)16-6-14-9-25-27-17-7-15(29)10-23-20(18(14)17)19(16)21-24-11-26-28-21/h2-5,7,11,16,19,22H,6,8-10H2,1H3,(H,24,26,28). The van der Waals surface area contributed by atoms with E-state index >= 15 is 0 Å². The molecule has 0 saturated heterocycles. The second kappa shape index (κ2) is 7.29. The van der Waals surface area contributed by atoms with Gasteiger partial charge in [0.15, 0.2) is 5.78 Å². The van der Waals surface area contributed by atoms with Crippen LogP contribution in [0.4, 0.5) is 0 Å². The molecule has 0 radical (unpaired) electrons. The number of hydrogen-bond donors (Lipinski definition) is 2. The molecule has 2 N–H and O–H groups in total. The monoisotopic (exact) mass is 387 g/mol. The van der Waals surface area contributed by atoms with E-state index in [1.807, 2.05) is 7.05 Å². The molecule has 2 atom stereocenters. The number of H-pyrrole nitrogens is 1. The van der Waals surface area contributed by atoms with Gasteiger partial charge in [-0.15, -0.1) is 0 Å². The Balaban J connectivity index is 1.64. The molecule has 0 fully saturated rings. The van der Waals surface area contributed by atoms with Crippen molar-refractivity contribution in [3.05, 3.63) is 70.5 Å². The Morgan fingerprint density at radius 2 is 2.07 bits per heavy atom. The lowest BCUT2D eigenvalue weighted by atomic mass is 9.70. The minimum atomic E-state index is -0.117. The fraction of sp³-hybridized carbons (Fsp3) is 0.333. The molecule has 2 unspecified atom stereocenters. The first-order chi connectivity index (χ1) is 14.2. The van der Waals surface area contributed by atoms with Crippen LogP contribution < -0.4 is 5.32 Å². The second-order valence-electron chi connectivity index (χ2n) is 7.51. The van der Waals surface area contributed by atoms with Gasteiger partial charge in [-0.3, -0.25) is 14.9 Å². The molecule has 1 aliphatic carbocycles. The first-order valence-electron chi connectivity index (χ1n) is 9.72.